The van der Waals surface area contributed by atoms with Crippen LogP contribution < -0.4 is 10.5 Å². The van der Waals surface area contributed by atoms with Crippen molar-refractivity contribution in [3.8, 4) is 5.75 Å². The fourth-order valence-corrected chi connectivity index (χ4v) is 2.30. The average Bonchev–Trinajstić information content (AvgIpc) is 2.45. The van der Waals surface area contributed by atoms with E-state index >= 15 is 0 Å². The summed E-state index contributed by atoms with van der Waals surface area (Å²) in [6, 6.07) is 10.2. The molecule has 2 aromatic carbocycles. The number of hydrogen-bond donors (Lipinski definition) is 1. The van der Waals surface area contributed by atoms with Crippen LogP contribution >= 0.6 is 23.2 Å². The summed E-state index contributed by atoms with van der Waals surface area (Å²) >= 11 is 12.0. The minimum Gasteiger partial charge on any atom is -0.486 e. The monoisotopic (exact) mass is 325 g/mol. The maximum Gasteiger partial charge on any atom is 0.341 e. The lowest BCUT2D eigenvalue weighted by atomic mass is 10.1. The summed E-state index contributed by atoms with van der Waals surface area (Å²) in [7, 11) is 1.28. The van der Waals surface area contributed by atoms with Crippen LogP contribution in [-0.2, 0) is 11.3 Å². The van der Waals surface area contributed by atoms with Crippen LogP contribution in [0.3, 0.4) is 0 Å². The lowest BCUT2D eigenvalue weighted by molar-refractivity contribution is 0.0595. The molecule has 0 saturated heterocycles. The average molecular weight is 326 g/mol. The van der Waals surface area contributed by atoms with Gasteiger partial charge in [0.15, 0.2) is 5.75 Å². The molecule has 0 saturated carbocycles. The first-order valence-electron chi connectivity index (χ1n) is 6.06. The Labute approximate surface area is 132 Å². The molecule has 0 aromatic heterocycles. The first-order valence-corrected chi connectivity index (χ1v) is 6.81. The van der Waals surface area contributed by atoms with Crippen LogP contribution in [0.15, 0.2) is 36.4 Å². The molecule has 4 nitrogen and oxygen atoms in total. The highest BCUT2D eigenvalue weighted by atomic mass is 35.5. The molecule has 0 aliphatic carbocycles. The number of carbonyl (C=O) groups is 1. The van der Waals surface area contributed by atoms with Crippen molar-refractivity contribution in [1.82, 2.24) is 0 Å². The normalized spacial score (nSPS) is 10.2. The van der Waals surface area contributed by atoms with Crippen molar-refractivity contribution in [2.75, 3.05) is 12.8 Å². The zero-order valence-corrected chi connectivity index (χ0v) is 12.7. The molecule has 0 heterocycles. The Balaban J connectivity index is 2.28. The molecule has 110 valence electrons. The van der Waals surface area contributed by atoms with E-state index in [1.54, 1.807) is 12.1 Å². The Morgan fingerprint density at radius 3 is 2.67 bits per heavy atom. The van der Waals surface area contributed by atoms with Crippen molar-refractivity contribution in [3.63, 3.8) is 0 Å². The SMILES string of the molecule is COC(=O)c1cc(N)cc(Cl)c1OCc1cccc(Cl)c1. The number of nitrogen functional groups attached to an aromatic ring is 1. The third-order valence-corrected chi connectivity index (χ3v) is 3.26. The van der Waals surface area contributed by atoms with Gasteiger partial charge in [-0.15, -0.1) is 0 Å². The lowest BCUT2D eigenvalue weighted by Gasteiger charge is -2.13. The van der Waals surface area contributed by atoms with E-state index in [9.17, 15) is 4.79 Å². The third-order valence-electron chi connectivity index (χ3n) is 2.74. The Morgan fingerprint density at radius 1 is 1.24 bits per heavy atom. The van der Waals surface area contributed by atoms with Gasteiger partial charge in [-0.2, -0.15) is 0 Å². The van der Waals surface area contributed by atoms with Crippen LogP contribution in [-0.4, -0.2) is 13.1 Å². The fourth-order valence-electron chi connectivity index (χ4n) is 1.80. The molecule has 6 heteroatoms. The van der Waals surface area contributed by atoms with Gasteiger partial charge in [-0.3, -0.25) is 0 Å². The van der Waals surface area contributed by atoms with Gasteiger partial charge in [0.05, 0.1) is 12.1 Å². The molecule has 2 rings (SSSR count). The van der Waals surface area contributed by atoms with Crippen LogP contribution in [0.2, 0.25) is 10.0 Å². The van der Waals surface area contributed by atoms with E-state index in [1.807, 2.05) is 12.1 Å². The fraction of sp³-hybridized carbons (Fsp3) is 0.133. The van der Waals surface area contributed by atoms with E-state index in [1.165, 1.54) is 19.2 Å². The molecular weight excluding hydrogens is 313 g/mol. The topological polar surface area (TPSA) is 61.5 Å². The van der Waals surface area contributed by atoms with Gasteiger partial charge < -0.3 is 15.2 Å². The molecule has 0 fully saturated rings. The minimum atomic E-state index is -0.565. The number of esters is 1. The Morgan fingerprint density at radius 2 is 2.00 bits per heavy atom. The maximum absolute atomic E-state index is 11.8. The maximum atomic E-state index is 11.8. The van der Waals surface area contributed by atoms with Crippen LogP contribution in [0.5, 0.6) is 5.75 Å². The number of methoxy groups -OCH3 is 1. The van der Waals surface area contributed by atoms with E-state index in [4.69, 9.17) is 38.4 Å². The lowest BCUT2D eigenvalue weighted by Crippen LogP contribution is -2.07. The number of benzene rings is 2. The Hall–Kier alpha value is -1.91. The summed E-state index contributed by atoms with van der Waals surface area (Å²) in [5.41, 5.74) is 7.08. The molecule has 0 spiro atoms. The Bertz CT molecular complexity index is 674. The van der Waals surface area contributed by atoms with Gasteiger partial charge in [0.1, 0.15) is 12.2 Å². The van der Waals surface area contributed by atoms with Gasteiger partial charge in [0.2, 0.25) is 0 Å². The Kier molecular flexibility index (Phi) is 4.94. The predicted molar refractivity (Wildman–Crippen MR) is 83.0 cm³/mol. The molecule has 0 bridgehead atoms. The number of rotatable bonds is 4. The van der Waals surface area contributed by atoms with Crippen molar-refractivity contribution < 1.29 is 14.3 Å². The second-order valence-electron chi connectivity index (χ2n) is 4.29. The van der Waals surface area contributed by atoms with Gasteiger partial charge in [0.25, 0.3) is 0 Å². The zero-order chi connectivity index (χ0) is 15.4. The van der Waals surface area contributed by atoms with Gasteiger partial charge in [-0.1, -0.05) is 35.3 Å². The first kappa shape index (κ1) is 15.5. The summed E-state index contributed by atoms with van der Waals surface area (Å²) < 4.78 is 10.3. The molecule has 0 amide bonds. The van der Waals surface area contributed by atoms with E-state index < -0.39 is 5.97 Å². The summed E-state index contributed by atoms with van der Waals surface area (Å²) in [5, 5.41) is 0.852. The quantitative estimate of drug-likeness (QED) is 0.683. The smallest absolute Gasteiger partial charge is 0.341 e. The number of halogens is 2. The van der Waals surface area contributed by atoms with Gasteiger partial charge in [0, 0.05) is 10.7 Å². The molecular formula is C15H13Cl2NO3. The number of nitrogens with two attached hydrogens (primary N) is 1. The number of ether oxygens (including phenoxy) is 2. The van der Waals surface area contributed by atoms with Crippen molar-refractivity contribution in [1.29, 1.82) is 0 Å². The first-order chi connectivity index (χ1) is 10.0. The molecule has 0 atom stereocenters. The summed E-state index contributed by atoms with van der Waals surface area (Å²) in [5.74, 6) is -0.331. The molecule has 2 aromatic rings. The summed E-state index contributed by atoms with van der Waals surface area (Å²) in [4.78, 5) is 11.8. The van der Waals surface area contributed by atoms with Crippen molar-refractivity contribution in [2.45, 2.75) is 6.61 Å². The number of anilines is 1. The van der Waals surface area contributed by atoms with Gasteiger partial charge in [-0.25, -0.2) is 4.79 Å². The minimum absolute atomic E-state index is 0.185. The van der Waals surface area contributed by atoms with Crippen molar-refractivity contribution in [2.24, 2.45) is 0 Å². The van der Waals surface area contributed by atoms with Crippen LogP contribution in [0, 0.1) is 0 Å². The molecule has 0 aliphatic heterocycles. The largest absolute Gasteiger partial charge is 0.486 e. The van der Waals surface area contributed by atoms with E-state index in [-0.39, 0.29) is 22.9 Å². The highest BCUT2D eigenvalue weighted by molar-refractivity contribution is 6.33. The van der Waals surface area contributed by atoms with E-state index in [2.05, 4.69) is 0 Å². The summed E-state index contributed by atoms with van der Waals surface area (Å²) in [6.45, 7) is 0.216. The molecule has 0 unspecified atom stereocenters. The second kappa shape index (κ2) is 6.70. The highest BCUT2D eigenvalue weighted by Crippen LogP contribution is 2.32. The second-order valence-corrected chi connectivity index (χ2v) is 5.13. The third kappa shape index (κ3) is 3.80. The van der Waals surface area contributed by atoms with Crippen molar-refractivity contribution >= 4 is 34.9 Å². The van der Waals surface area contributed by atoms with Crippen LogP contribution in [0.4, 0.5) is 5.69 Å². The van der Waals surface area contributed by atoms with E-state index in [0.29, 0.717) is 10.7 Å². The number of hydrogen-bond acceptors (Lipinski definition) is 4. The van der Waals surface area contributed by atoms with Crippen molar-refractivity contribution in [3.05, 3.63) is 57.6 Å². The van der Waals surface area contributed by atoms with E-state index in [0.717, 1.165) is 5.56 Å². The standard InChI is InChI=1S/C15H13Cl2NO3/c1-20-15(19)12-6-11(18)7-13(17)14(12)21-8-9-3-2-4-10(16)5-9/h2-7H,8,18H2,1H3. The predicted octanol–water partition coefficient (Wildman–Crippen LogP) is 3.94. The van der Waals surface area contributed by atoms with Gasteiger partial charge >= 0.3 is 5.97 Å². The number of carbonyl (C=O) groups excluding carboxylic acids is 1. The highest BCUT2D eigenvalue weighted by Gasteiger charge is 2.17. The van der Waals surface area contributed by atoms with Crippen LogP contribution in [0.1, 0.15) is 15.9 Å². The molecule has 0 aliphatic rings. The molecule has 21 heavy (non-hydrogen) atoms. The molecule has 0 radical (unpaired) electrons. The summed E-state index contributed by atoms with van der Waals surface area (Å²) in [6.07, 6.45) is 0. The van der Waals surface area contributed by atoms with Crippen LogP contribution in [0.25, 0.3) is 0 Å². The van der Waals surface area contributed by atoms with Gasteiger partial charge in [-0.05, 0) is 29.8 Å². The molecule has 2 N–H and O–H groups in total. The zero-order valence-electron chi connectivity index (χ0n) is 11.2.